The number of hydrogen-bond donors (Lipinski definition) is 0. The maximum absolute atomic E-state index is 5.82. The van der Waals surface area contributed by atoms with Crippen LogP contribution in [0.1, 0.15) is 70.9 Å². The molecule has 0 atom stereocenters. The number of nitrogens with zero attached hydrogens (tertiary/aromatic N) is 2. The summed E-state index contributed by atoms with van der Waals surface area (Å²) in [7, 11) is 0. The van der Waals surface area contributed by atoms with Gasteiger partial charge in [-0.05, 0) is 55.7 Å². The Morgan fingerprint density at radius 3 is 2.12 bits per heavy atom. The van der Waals surface area contributed by atoms with Gasteiger partial charge >= 0.3 is 0 Å². The molecule has 0 aliphatic heterocycles. The summed E-state index contributed by atoms with van der Waals surface area (Å²) < 4.78 is 5.82. The maximum atomic E-state index is 5.82. The van der Waals surface area contributed by atoms with E-state index >= 15 is 0 Å². The van der Waals surface area contributed by atoms with Gasteiger partial charge in [0.15, 0.2) is 0 Å². The summed E-state index contributed by atoms with van der Waals surface area (Å²) in [6.45, 7) is 5.26. The van der Waals surface area contributed by atoms with Crippen molar-refractivity contribution in [1.29, 1.82) is 0 Å². The molecule has 3 nitrogen and oxygen atoms in total. The van der Waals surface area contributed by atoms with Crippen molar-refractivity contribution in [3.63, 3.8) is 0 Å². The zero-order valence-electron chi connectivity index (χ0n) is 15.8. The largest absolute Gasteiger partial charge is 0.494 e. The van der Waals surface area contributed by atoms with Crippen molar-refractivity contribution in [2.24, 2.45) is 0 Å². The van der Waals surface area contributed by atoms with E-state index in [9.17, 15) is 0 Å². The van der Waals surface area contributed by atoms with Crippen LogP contribution in [0.3, 0.4) is 0 Å². The molecule has 0 saturated carbocycles. The lowest BCUT2D eigenvalue weighted by atomic mass is 10.1. The van der Waals surface area contributed by atoms with Crippen LogP contribution in [0.2, 0.25) is 0 Å². The Kier molecular flexibility index (Phi) is 9.03. The molecule has 0 bridgehead atoms. The molecule has 1 aromatic carbocycles. The van der Waals surface area contributed by atoms with E-state index in [1.165, 1.54) is 44.9 Å². The topological polar surface area (TPSA) is 35.0 Å². The smallest absolute Gasteiger partial charge is 0.119 e. The van der Waals surface area contributed by atoms with Crippen molar-refractivity contribution >= 4 is 0 Å². The number of unbranched alkanes of at least 4 members (excludes halogenated alkanes) is 6. The minimum atomic E-state index is 0.801. The zero-order valence-corrected chi connectivity index (χ0v) is 15.8. The first-order chi connectivity index (χ1) is 12.3. The molecule has 25 heavy (non-hydrogen) atoms. The molecular weight excluding hydrogens is 308 g/mol. The number of aryl methyl sites for hydroxylation is 1. The van der Waals surface area contributed by atoms with E-state index in [1.807, 2.05) is 12.1 Å². The number of rotatable bonds is 12. The SMILES string of the molecule is CCCCCCCOc1ccc(-c2ccc(CCCCC)nn2)cc1. The second-order valence-electron chi connectivity index (χ2n) is 6.65. The Hall–Kier alpha value is -1.90. The average Bonchev–Trinajstić information content (AvgIpc) is 2.66. The highest BCUT2D eigenvalue weighted by Gasteiger charge is 2.02. The summed E-state index contributed by atoms with van der Waals surface area (Å²) in [6, 6.07) is 12.3. The summed E-state index contributed by atoms with van der Waals surface area (Å²) in [6.07, 6.45) is 11.0. The van der Waals surface area contributed by atoms with Crippen LogP contribution in [-0.4, -0.2) is 16.8 Å². The quantitative estimate of drug-likeness (QED) is 0.430. The van der Waals surface area contributed by atoms with Gasteiger partial charge in [-0.15, -0.1) is 0 Å². The fourth-order valence-electron chi connectivity index (χ4n) is 2.82. The molecule has 0 aliphatic carbocycles. The first-order valence-electron chi connectivity index (χ1n) is 9.89. The third kappa shape index (κ3) is 7.25. The molecule has 0 radical (unpaired) electrons. The highest BCUT2D eigenvalue weighted by molar-refractivity contribution is 5.59. The highest BCUT2D eigenvalue weighted by Crippen LogP contribution is 2.21. The zero-order chi connectivity index (χ0) is 17.7. The number of aromatic nitrogens is 2. The summed E-state index contributed by atoms with van der Waals surface area (Å²) >= 11 is 0. The minimum Gasteiger partial charge on any atom is -0.494 e. The summed E-state index contributed by atoms with van der Waals surface area (Å²) in [5, 5.41) is 8.72. The first-order valence-corrected chi connectivity index (χ1v) is 9.89. The van der Waals surface area contributed by atoms with Gasteiger partial charge in [-0.3, -0.25) is 0 Å². The fraction of sp³-hybridized carbons (Fsp3) is 0.545. The van der Waals surface area contributed by atoms with Gasteiger partial charge in [0, 0.05) is 5.56 Å². The molecule has 136 valence electrons. The number of hydrogen-bond acceptors (Lipinski definition) is 3. The Morgan fingerprint density at radius 2 is 1.44 bits per heavy atom. The Labute approximate surface area is 152 Å². The van der Waals surface area contributed by atoms with Gasteiger partial charge in [-0.2, -0.15) is 10.2 Å². The summed E-state index contributed by atoms with van der Waals surface area (Å²) in [5.74, 6) is 0.934. The second kappa shape index (κ2) is 11.6. The van der Waals surface area contributed by atoms with Gasteiger partial charge < -0.3 is 4.74 Å². The van der Waals surface area contributed by atoms with Crippen molar-refractivity contribution < 1.29 is 4.74 Å². The molecule has 0 amide bonds. The van der Waals surface area contributed by atoms with Crippen LogP contribution < -0.4 is 4.74 Å². The minimum absolute atomic E-state index is 0.801. The van der Waals surface area contributed by atoms with Gasteiger partial charge in [0.05, 0.1) is 18.0 Å². The van der Waals surface area contributed by atoms with E-state index in [2.05, 4.69) is 48.3 Å². The van der Waals surface area contributed by atoms with Gasteiger partial charge in [0.2, 0.25) is 0 Å². The van der Waals surface area contributed by atoms with Crippen LogP contribution in [0.25, 0.3) is 11.3 Å². The second-order valence-corrected chi connectivity index (χ2v) is 6.65. The number of ether oxygens (including phenoxy) is 1. The standard InChI is InChI=1S/C22H32N2O/c1-3-5-7-8-10-18-25-21-15-12-19(13-16-21)22-17-14-20(23-24-22)11-9-6-4-2/h12-17H,3-11,18H2,1-2H3. The molecule has 1 aromatic heterocycles. The van der Waals surface area contributed by atoms with E-state index in [0.717, 1.165) is 42.1 Å². The molecule has 0 fully saturated rings. The lowest BCUT2D eigenvalue weighted by molar-refractivity contribution is 0.304. The van der Waals surface area contributed by atoms with Crippen LogP contribution in [0, 0.1) is 0 Å². The molecule has 0 spiro atoms. The predicted octanol–water partition coefficient (Wildman–Crippen LogP) is 6.23. The molecule has 0 N–H and O–H groups in total. The monoisotopic (exact) mass is 340 g/mol. The van der Waals surface area contributed by atoms with Crippen LogP contribution >= 0.6 is 0 Å². The molecule has 2 rings (SSSR count). The van der Waals surface area contributed by atoms with E-state index in [4.69, 9.17) is 4.74 Å². The molecule has 0 aliphatic rings. The third-order valence-corrected chi connectivity index (χ3v) is 4.42. The van der Waals surface area contributed by atoms with Crippen LogP contribution in [0.4, 0.5) is 0 Å². The average molecular weight is 341 g/mol. The summed E-state index contributed by atoms with van der Waals surface area (Å²) in [4.78, 5) is 0. The Morgan fingerprint density at radius 1 is 0.720 bits per heavy atom. The molecule has 2 aromatic rings. The van der Waals surface area contributed by atoms with Gasteiger partial charge in [-0.25, -0.2) is 0 Å². The number of benzene rings is 1. The fourth-order valence-corrected chi connectivity index (χ4v) is 2.82. The van der Waals surface area contributed by atoms with E-state index < -0.39 is 0 Å². The maximum Gasteiger partial charge on any atom is 0.119 e. The van der Waals surface area contributed by atoms with Crippen LogP contribution in [0.15, 0.2) is 36.4 Å². The molecular formula is C22H32N2O. The highest BCUT2D eigenvalue weighted by atomic mass is 16.5. The first kappa shape index (κ1) is 19.4. The van der Waals surface area contributed by atoms with Gasteiger partial charge in [-0.1, -0.05) is 52.4 Å². The molecule has 0 saturated heterocycles. The predicted molar refractivity (Wildman–Crippen MR) is 105 cm³/mol. The van der Waals surface area contributed by atoms with Crippen molar-refractivity contribution in [3.05, 3.63) is 42.1 Å². The lowest BCUT2D eigenvalue weighted by Crippen LogP contribution is -1.97. The lowest BCUT2D eigenvalue weighted by Gasteiger charge is -2.07. The van der Waals surface area contributed by atoms with Crippen molar-refractivity contribution in [3.8, 4) is 17.0 Å². The van der Waals surface area contributed by atoms with Crippen molar-refractivity contribution in [2.75, 3.05) is 6.61 Å². The Balaban J connectivity index is 1.79. The third-order valence-electron chi connectivity index (χ3n) is 4.42. The van der Waals surface area contributed by atoms with Crippen molar-refractivity contribution in [1.82, 2.24) is 10.2 Å². The van der Waals surface area contributed by atoms with E-state index in [1.54, 1.807) is 0 Å². The van der Waals surface area contributed by atoms with E-state index in [0.29, 0.717) is 0 Å². The molecule has 1 heterocycles. The Bertz CT molecular complexity index is 578. The van der Waals surface area contributed by atoms with Gasteiger partial charge in [0.25, 0.3) is 0 Å². The van der Waals surface area contributed by atoms with Crippen LogP contribution in [0.5, 0.6) is 5.75 Å². The molecule has 0 unspecified atom stereocenters. The normalized spacial score (nSPS) is 10.8. The van der Waals surface area contributed by atoms with E-state index in [-0.39, 0.29) is 0 Å². The van der Waals surface area contributed by atoms with Crippen molar-refractivity contribution in [2.45, 2.75) is 71.6 Å². The van der Waals surface area contributed by atoms with Gasteiger partial charge in [0.1, 0.15) is 5.75 Å². The molecule has 3 heteroatoms. The summed E-state index contributed by atoms with van der Waals surface area (Å²) in [5.41, 5.74) is 3.09. The van der Waals surface area contributed by atoms with Crippen LogP contribution in [-0.2, 0) is 6.42 Å².